The average Bonchev–Trinajstić information content (AvgIpc) is 2.97. The Morgan fingerprint density at radius 2 is 1.83 bits per heavy atom. The molecule has 0 aromatic heterocycles. The molecule has 0 saturated carbocycles. The van der Waals surface area contributed by atoms with Gasteiger partial charge in [-0.15, -0.1) is 0 Å². The molecule has 2 aromatic rings. The van der Waals surface area contributed by atoms with Gasteiger partial charge in [-0.1, -0.05) is 48.9 Å². The number of benzene rings is 2. The van der Waals surface area contributed by atoms with Gasteiger partial charge in [-0.3, -0.25) is 9.59 Å². The molecule has 1 heterocycles. The number of nitrogens with one attached hydrogen (secondary N) is 1. The van der Waals surface area contributed by atoms with Crippen molar-refractivity contribution in [1.82, 2.24) is 10.2 Å². The van der Waals surface area contributed by atoms with E-state index in [0.717, 1.165) is 5.56 Å². The molecule has 2 unspecified atom stereocenters. The highest BCUT2D eigenvalue weighted by atomic mass is 35.5. The SMILES string of the molecule is CC(CN1C(=O)c2ccccc2C1C(=O)NCCCC(F)(F)F)c1ccc(Cl)cc1. The largest absolute Gasteiger partial charge is 0.389 e. The third-order valence-electron chi connectivity index (χ3n) is 5.15. The van der Waals surface area contributed by atoms with Crippen LogP contribution in [0.4, 0.5) is 13.2 Å². The van der Waals surface area contributed by atoms with E-state index in [4.69, 9.17) is 11.6 Å². The molecule has 0 bridgehead atoms. The van der Waals surface area contributed by atoms with Gasteiger partial charge < -0.3 is 10.2 Å². The Morgan fingerprint density at radius 3 is 2.50 bits per heavy atom. The van der Waals surface area contributed by atoms with Gasteiger partial charge in [-0.25, -0.2) is 0 Å². The molecule has 1 N–H and O–H groups in total. The fraction of sp³-hybridized carbons (Fsp3) is 0.364. The molecule has 1 aliphatic rings. The summed E-state index contributed by atoms with van der Waals surface area (Å²) in [7, 11) is 0. The highest BCUT2D eigenvalue weighted by Gasteiger charge is 2.41. The van der Waals surface area contributed by atoms with Crippen LogP contribution in [0.3, 0.4) is 0 Å². The molecule has 30 heavy (non-hydrogen) atoms. The Morgan fingerprint density at radius 1 is 1.17 bits per heavy atom. The lowest BCUT2D eigenvalue weighted by Crippen LogP contribution is -2.41. The molecule has 0 aliphatic carbocycles. The number of rotatable bonds is 7. The summed E-state index contributed by atoms with van der Waals surface area (Å²) in [6.45, 7) is 2.12. The minimum Gasteiger partial charge on any atom is -0.354 e. The maximum absolute atomic E-state index is 13.0. The van der Waals surface area contributed by atoms with Crippen LogP contribution in [-0.2, 0) is 4.79 Å². The second-order valence-electron chi connectivity index (χ2n) is 7.41. The van der Waals surface area contributed by atoms with Gasteiger partial charge in [0.2, 0.25) is 5.91 Å². The highest BCUT2D eigenvalue weighted by Crippen LogP contribution is 2.35. The second-order valence-corrected chi connectivity index (χ2v) is 7.85. The van der Waals surface area contributed by atoms with Crippen LogP contribution >= 0.6 is 11.6 Å². The lowest BCUT2D eigenvalue weighted by molar-refractivity contribution is -0.136. The minimum atomic E-state index is -4.26. The smallest absolute Gasteiger partial charge is 0.354 e. The predicted octanol–water partition coefficient (Wildman–Crippen LogP) is 5.10. The Kier molecular flexibility index (Phi) is 6.71. The fourth-order valence-corrected chi connectivity index (χ4v) is 3.76. The van der Waals surface area contributed by atoms with Crippen molar-refractivity contribution in [1.29, 1.82) is 0 Å². The number of hydrogen-bond donors (Lipinski definition) is 1. The summed E-state index contributed by atoms with van der Waals surface area (Å²) in [5, 5.41) is 3.16. The van der Waals surface area contributed by atoms with Crippen LogP contribution in [0.5, 0.6) is 0 Å². The summed E-state index contributed by atoms with van der Waals surface area (Å²) in [6.07, 6.45) is -5.44. The van der Waals surface area contributed by atoms with E-state index in [9.17, 15) is 22.8 Å². The molecular weight excluding hydrogens is 417 g/mol. The Hall–Kier alpha value is -2.54. The van der Waals surface area contributed by atoms with E-state index in [0.29, 0.717) is 16.1 Å². The molecule has 0 fully saturated rings. The fourth-order valence-electron chi connectivity index (χ4n) is 3.63. The maximum atomic E-state index is 13.0. The summed E-state index contributed by atoms with van der Waals surface area (Å²) in [5.41, 5.74) is 1.97. The van der Waals surface area contributed by atoms with Gasteiger partial charge >= 0.3 is 6.18 Å². The number of nitrogens with zero attached hydrogens (tertiary/aromatic N) is 1. The number of carbonyl (C=O) groups excluding carboxylic acids is 2. The number of alkyl halides is 3. The topological polar surface area (TPSA) is 49.4 Å². The third kappa shape index (κ3) is 5.14. The highest BCUT2D eigenvalue weighted by molar-refractivity contribution is 6.30. The molecular formula is C22H22ClF3N2O2. The summed E-state index contributed by atoms with van der Waals surface area (Å²) in [4.78, 5) is 27.3. The number of amides is 2. The van der Waals surface area contributed by atoms with Crippen LogP contribution in [0.25, 0.3) is 0 Å². The van der Waals surface area contributed by atoms with Crippen LogP contribution in [0, 0.1) is 0 Å². The van der Waals surface area contributed by atoms with Gasteiger partial charge in [0.15, 0.2) is 0 Å². The summed E-state index contributed by atoms with van der Waals surface area (Å²) in [5.74, 6) is -0.804. The molecule has 0 saturated heterocycles. The molecule has 1 aliphatic heterocycles. The van der Waals surface area contributed by atoms with Crippen molar-refractivity contribution >= 4 is 23.4 Å². The predicted molar refractivity (Wildman–Crippen MR) is 108 cm³/mol. The van der Waals surface area contributed by atoms with Crippen LogP contribution in [0.15, 0.2) is 48.5 Å². The van der Waals surface area contributed by atoms with Gasteiger partial charge in [0.25, 0.3) is 5.91 Å². The van der Waals surface area contributed by atoms with Crippen molar-refractivity contribution < 1.29 is 22.8 Å². The lowest BCUT2D eigenvalue weighted by Gasteiger charge is -2.27. The van der Waals surface area contributed by atoms with E-state index >= 15 is 0 Å². The van der Waals surface area contributed by atoms with E-state index in [1.54, 1.807) is 36.4 Å². The second kappa shape index (κ2) is 9.08. The van der Waals surface area contributed by atoms with Crippen molar-refractivity contribution in [2.24, 2.45) is 0 Å². The summed E-state index contributed by atoms with van der Waals surface area (Å²) in [6, 6.07) is 13.2. The first-order valence-electron chi connectivity index (χ1n) is 9.67. The third-order valence-corrected chi connectivity index (χ3v) is 5.40. The average molecular weight is 439 g/mol. The Bertz CT molecular complexity index is 915. The van der Waals surface area contributed by atoms with Gasteiger partial charge in [0.1, 0.15) is 6.04 Å². The molecule has 8 heteroatoms. The zero-order chi connectivity index (χ0) is 21.9. The number of hydrogen-bond acceptors (Lipinski definition) is 2. The van der Waals surface area contributed by atoms with Crippen LogP contribution < -0.4 is 5.32 Å². The minimum absolute atomic E-state index is 0.0685. The Labute approximate surface area is 178 Å². The van der Waals surface area contributed by atoms with Crippen molar-refractivity contribution in [3.8, 4) is 0 Å². The normalized spacial score (nSPS) is 17.0. The van der Waals surface area contributed by atoms with Crippen LogP contribution in [0.2, 0.25) is 5.02 Å². The van der Waals surface area contributed by atoms with E-state index in [2.05, 4.69) is 5.32 Å². The summed E-state index contributed by atoms with van der Waals surface area (Å²) < 4.78 is 37.0. The van der Waals surface area contributed by atoms with Gasteiger partial charge in [0.05, 0.1) is 0 Å². The van der Waals surface area contributed by atoms with E-state index < -0.39 is 24.5 Å². The van der Waals surface area contributed by atoms with Crippen LogP contribution in [-0.4, -0.2) is 36.0 Å². The molecule has 0 radical (unpaired) electrons. The zero-order valence-corrected chi connectivity index (χ0v) is 17.1. The molecule has 0 spiro atoms. The monoisotopic (exact) mass is 438 g/mol. The first-order valence-corrected chi connectivity index (χ1v) is 10.0. The molecule has 2 atom stereocenters. The lowest BCUT2D eigenvalue weighted by atomic mass is 9.99. The van der Waals surface area contributed by atoms with Crippen molar-refractivity contribution in [3.05, 3.63) is 70.2 Å². The molecule has 2 aromatic carbocycles. The maximum Gasteiger partial charge on any atom is 0.389 e. The Balaban J connectivity index is 1.76. The van der Waals surface area contributed by atoms with E-state index in [1.165, 1.54) is 4.90 Å². The van der Waals surface area contributed by atoms with E-state index in [-0.39, 0.29) is 31.3 Å². The van der Waals surface area contributed by atoms with Crippen molar-refractivity contribution in [3.63, 3.8) is 0 Å². The van der Waals surface area contributed by atoms with E-state index in [1.807, 2.05) is 19.1 Å². The number of carbonyl (C=O) groups is 2. The van der Waals surface area contributed by atoms with Gasteiger partial charge in [-0.2, -0.15) is 13.2 Å². The molecule has 4 nitrogen and oxygen atoms in total. The zero-order valence-electron chi connectivity index (χ0n) is 16.4. The molecule has 2 amide bonds. The van der Waals surface area contributed by atoms with Gasteiger partial charge in [0, 0.05) is 30.1 Å². The molecule has 160 valence electrons. The molecule has 3 rings (SSSR count). The van der Waals surface area contributed by atoms with Crippen molar-refractivity contribution in [2.75, 3.05) is 13.1 Å². The first kappa shape index (κ1) is 22.2. The number of halogens is 4. The standard InChI is InChI=1S/C22H22ClF3N2O2/c1-14(15-7-9-16(23)10-8-15)13-28-19(17-5-2-3-6-18(17)21(28)30)20(29)27-12-4-11-22(24,25)26/h2-3,5-10,14,19H,4,11-13H2,1H3,(H,27,29). The quantitative estimate of drug-likeness (QED) is 0.611. The van der Waals surface area contributed by atoms with Crippen molar-refractivity contribution in [2.45, 2.75) is 37.9 Å². The van der Waals surface area contributed by atoms with Crippen LogP contribution in [0.1, 0.15) is 53.2 Å². The van der Waals surface area contributed by atoms with Gasteiger partial charge in [-0.05, 0) is 41.7 Å². The first-order chi connectivity index (χ1) is 14.2. The summed E-state index contributed by atoms with van der Waals surface area (Å²) >= 11 is 5.94. The number of fused-ring (bicyclic) bond motifs is 1.